The molecule has 9 heteroatoms. The Bertz CT molecular complexity index is 887. The minimum Gasteiger partial charge on any atom is -0.490 e. The highest BCUT2D eigenvalue weighted by atomic mass is 35.5. The minimum atomic E-state index is -0.557. The summed E-state index contributed by atoms with van der Waals surface area (Å²) in [6.45, 7) is 1.82. The van der Waals surface area contributed by atoms with Gasteiger partial charge in [-0.3, -0.25) is 4.79 Å². The van der Waals surface area contributed by atoms with E-state index in [1.165, 1.54) is 37.6 Å². The number of hydrogen-bond acceptors (Lipinski definition) is 6. The molecule has 2 aromatic carbocycles. The Morgan fingerprint density at radius 3 is 2.59 bits per heavy atom. The van der Waals surface area contributed by atoms with Gasteiger partial charge in [0.05, 0.1) is 31.4 Å². The topological polar surface area (TPSA) is 86.2 Å². The standard InChI is InChI=1S/C20H20ClFN2O5/c1-3-28-17-9-14(8-16(21)20(17)29-12-19(26)27-2)11-23-24-18(25)10-13-4-6-15(22)7-5-13/h4-9,11H,3,10,12H2,1-2H3,(H,24,25)/b23-11+. The summed E-state index contributed by atoms with van der Waals surface area (Å²) in [4.78, 5) is 23.2. The highest BCUT2D eigenvalue weighted by Gasteiger charge is 2.14. The molecule has 0 aromatic heterocycles. The van der Waals surface area contributed by atoms with Gasteiger partial charge >= 0.3 is 5.97 Å². The number of rotatable bonds is 9. The fraction of sp³-hybridized carbons (Fsp3) is 0.250. The number of nitrogens with zero attached hydrogens (tertiary/aromatic N) is 1. The van der Waals surface area contributed by atoms with Gasteiger partial charge in [-0.2, -0.15) is 5.10 Å². The molecule has 0 fully saturated rings. The van der Waals surface area contributed by atoms with Crippen LogP contribution in [0.3, 0.4) is 0 Å². The van der Waals surface area contributed by atoms with Crippen LogP contribution in [0.5, 0.6) is 11.5 Å². The van der Waals surface area contributed by atoms with Crippen LogP contribution in [0.2, 0.25) is 5.02 Å². The number of benzene rings is 2. The third-order valence-corrected chi connectivity index (χ3v) is 3.86. The molecule has 0 saturated carbocycles. The molecule has 0 atom stereocenters. The molecule has 0 aliphatic carbocycles. The molecule has 0 bridgehead atoms. The maximum atomic E-state index is 12.9. The van der Waals surface area contributed by atoms with Crippen molar-refractivity contribution >= 4 is 29.7 Å². The van der Waals surface area contributed by atoms with E-state index in [9.17, 15) is 14.0 Å². The third-order valence-electron chi connectivity index (χ3n) is 3.57. The zero-order chi connectivity index (χ0) is 21.2. The lowest BCUT2D eigenvalue weighted by Crippen LogP contribution is -2.19. The van der Waals surface area contributed by atoms with Gasteiger partial charge in [0.1, 0.15) is 5.82 Å². The van der Waals surface area contributed by atoms with Gasteiger partial charge in [-0.1, -0.05) is 23.7 Å². The Kier molecular flexibility index (Phi) is 8.42. The smallest absolute Gasteiger partial charge is 0.343 e. The molecule has 0 aliphatic rings. The number of amides is 1. The van der Waals surface area contributed by atoms with Gasteiger partial charge in [-0.25, -0.2) is 14.6 Å². The first-order chi connectivity index (χ1) is 13.9. The van der Waals surface area contributed by atoms with E-state index in [2.05, 4.69) is 15.3 Å². The van der Waals surface area contributed by atoms with Crippen molar-refractivity contribution in [2.24, 2.45) is 5.10 Å². The normalized spacial score (nSPS) is 10.6. The maximum absolute atomic E-state index is 12.9. The second-order valence-electron chi connectivity index (χ2n) is 5.72. The zero-order valence-electron chi connectivity index (χ0n) is 15.9. The van der Waals surface area contributed by atoms with Crippen molar-refractivity contribution in [1.82, 2.24) is 5.43 Å². The summed E-state index contributed by atoms with van der Waals surface area (Å²) in [6, 6.07) is 8.78. The second-order valence-corrected chi connectivity index (χ2v) is 6.13. The van der Waals surface area contributed by atoms with Crippen molar-refractivity contribution in [1.29, 1.82) is 0 Å². The summed E-state index contributed by atoms with van der Waals surface area (Å²) < 4.78 is 28.3. The fourth-order valence-corrected chi connectivity index (χ4v) is 2.54. The van der Waals surface area contributed by atoms with Crippen molar-refractivity contribution < 1.29 is 28.2 Å². The lowest BCUT2D eigenvalue weighted by molar-refractivity contribution is -0.142. The van der Waals surface area contributed by atoms with E-state index in [4.69, 9.17) is 21.1 Å². The predicted molar refractivity (Wildman–Crippen MR) is 106 cm³/mol. The molecule has 1 amide bonds. The predicted octanol–water partition coefficient (Wildman–Crippen LogP) is 3.12. The van der Waals surface area contributed by atoms with Crippen molar-refractivity contribution in [2.75, 3.05) is 20.3 Å². The van der Waals surface area contributed by atoms with Crippen LogP contribution < -0.4 is 14.9 Å². The van der Waals surface area contributed by atoms with Gasteiger partial charge < -0.3 is 14.2 Å². The SMILES string of the molecule is CCOc1cc(/C=N/NC(=O)Cc2ccc(F)cc2)cc(Cl)c1OCC(=O)OC. The molecule has 0 radical (unpaired) electrons. The van der Waals surface area contributed by atoms with Crippen molar-refractivity contribution in [3.8, 4) is 11.5 Å². The van der Waals surface area contributed by atoms with Crippen LogP contribution in [0.1, 0.15) is 18.1 Å². The number of methoxy groups -OCH3 is 1. The summed E-state index contributed by atoms with van der Waals surface area (Å²) >= 11 is 6.22. The highest BCUT2D eigenvalue weighted by molar-refractivity contribution is 6.32. The van der Waals surface area contributed by atoms with Crippen LogP contribution in [0.25, 0.3) is 0 Å². The Morgan fingerprint density at radius 2 is 1.93 bits per heavy atom. The Hall–Kier alpha value is -3.13. The van der Waals surface area contributed by atoms with Gasteiger partial charge in [0.2, 0.25) is 5.91 Å². The quantitative estimate of drug-likeness (QED) is 0.381. The molecule has 2 rings (SSSR count). The van der Waals surface area contributed by atoms with Gasteiger partial charge in [0, 0.05) is 0 Å². The molecule has 7 nitrogen and oxygen atoms in total. The van der Waals surface area contributed by atoms with Crippen LogP contribution >= 0.6 is 11.6 Å². The van der Waals surface area contributed by atoms with Crippen LogP contribution in [0, 0.1) is 5.82 Å². The Labute approximate surface area is 172 Å². The third kappa shape index (κ3) is 7.08. The highest BCUT2D eigenvalue weighted by Crippen LogP contribution is 2.36. The van der Waals surface area contributed by atoms with E-state index in [-0.39, 0.29) is 35.5 Å². The molecular formula is C20H20ClFN2O5. The lowest BCUT2D eigenvalue weighted by atomic mass is 10.1. The van der Waals surface area contributed by atoms with E-state index in [0.717, 1.165) is 0 Å². The maximum Gasteiger partial charge on any atom is 0.343 e. The molecule has 2 aromatic rings. The first-order valence-corrected chi connectivity index (χ1v) is 9.03. The molecule has 0 saturated heterocycles. The average molecular weight is 423 g/mol. The van der Waals surface area contributed by atoms with E-state index < -0.39 is 5.97 Å². The Balaban J connectivity index is 2.04. The number of ether oxygens (including phenoxy) is 3. The van der Waals surface area contributed by atoms with E-state index >= 15 is 0 Å². The zero-order valence-corrected chi connectivity index (χ0v) is 16.7. The molecule has 0 heterocycles. The molecule has 154 valence electrons. The number of nitrogens with one attached hydrogen (secondary N) is 1. The number of esters is 1. The number of halogens is 2. The molecule has 0 unspecified atom stereocenters. The van der Waals surface area contributed by atoms with Gasteiger partial charge in [0.15, 0.2) is 18.1 Å². The van der Waals surface area contributed by atoms with Crippen molar-refractivity contribution in [2.45, 2.75) is 13.3 Å². The lowest BCUT2D eigenvalue weighted by Gasteiger charge is -2.13. The van der Waals surface area contributed by atoms with Crippen LogP contribution in [0.4, 0.5) is 4.39 Å². The Morgan fingerprint density at radius 1 is 1.21 bits per heavy atom. The van der Waals surface area contributed by atoms with Crippen molar-refractivity contribution in [3.63, 3.8) is 0 Å². The number of carbonyl (C=O) groups excluding carboxylic acids is 2. The summed E-state index contributed by atoms with van der Waals surface area (Å²) in [5.41, 5.74) is 3.60. The summed E-state index contributed by atoms with van der Waals surface area (Å²) in [6.07, 6.45) is 1.45. The van der Waals surface area contributed by atoms with E-state index in [1.807, 2.05) is 0 Å². The molecule has 0 spiro atoms. The largest absolute Gasteiger partial charge is 0.490 e. The molecular weight excluding hydrogens is 403 g/mol. The van der Waals surface area contributed by atoms with Gasteiger partial charge in [-0.15, -0.1) is 0 Å². The molecule has 29 heavy (non-hydrogen) atoms. The minimum absolute atomic E-state index is 0.0584. The monoisotopic (exact) mass is 422 g/mol. The molecule has 0 aliphatic heterocycles. The summed E-state index contributed by atoms with van der Waals surface area (Å²) in [7, 11) is 1.25. The van der Waals surface area contributed by atoms with E-state index in [0.29, 0.717) is 23.5 Å². The van der Waals surface area contributed by atoms with Crippen molar-refractivity contribution in [3.05, 3.63) is 58.4 Å². The van der Waals surface area contributed by atoms with Crippen LogP contribution in [0.15, 0.2) is 41.5 Å². The second kappa shape index (κ2) is 11.0. The van der Waals surface area contributed by atoms with Gasteiger partial charge in [-0.05, 0) is 42.3 Å². The van der Waals surface area contributed by atoms with Crippen LogP contribution in [-0.4, -0.2) is 38.4 Å². The van der Waals surface area contributed by atoms with E-state index in [1.54, 1.807) is 19.1 Å². The first kappa shape index (κ1) is 22.2. The fourth-order valence-electron chi connectivity index (χ4n) is 2.26. The summed E-state index contributed by atoms with van der Waals surface area (Å²) in [5, 5.41) is 4.09. The number of hydrogen-bond donors (Lipinski definition) is 1. The molecule has 1 N–H and O–H groups in total. The first-order valence-electron chi connectivity index (χ1n) is 8.65. The number of hydrazone groups is 1. The van der Waals surface area contributed by atoms with Crippen LogP contribution in [-0.2, 0) is 20.7 Å². The number of carbonyl (C=O) groups is 2. The summed E-state index contributed by atoms with van der Waals surface area (Å²) in [5.74, 6) is -0.757. The van der Waals surface area contributed by atoms with Gasteiger partial charge in [0.25, 0.3) is 0 Å². The average Bonchev–Trinajstić information content (AvgIpc) is 2.69.